The van der Waals surface area contributed by atoms with Crippen LogP contribution in [-0.2, 0) is 4.79 Å². The average molecular weight is 298 g/mol. The predicted octanol–water partition coefficient (Wildman–Crippen LogP) is 1.49. The minimum absolute atomic E-state index is 0.0159. The highest BCUT2D eigenvalue weighted by Crippen LogP contribution is 2.30. The third-order valence-corrected chi connectivity index (χ3v) is 3.92. The number of rotatable bonds is 2. The molecule has 1 saturated heterocycles. The number of fused-ring (bicyclic) bond motifs is 1. The van der Waals surface area contributed by atoms with Crippen molar-refractivity contribution >= 4 is 46.0 Å². The minimum Gasteiger partial charge on any atom is -0.350 e. The summed E-state index contributed by atoms with van der Waals surface area (Å²) in [4.78, 5) is 13.2. The fourth-order valence-electron chi connectivity index (χ4n) is 2.13. The summed E-state index contributed by atoms with van der Waals surface area (Å²) < 4.78 is 8.42. The summed E-state index contributed by atoms with van der Waals surface area (Å²) in [7, 11) is 0. The van der Waals surface area contributed by atoms with Gasteiger partial charge in [-0.25, -0.2) is 0 Å². The lowest BCUT2D eigenvalue weighted by molar-refractivity contribution is -0.129. The van der Waals surface area contributed by atoms with Crippen LogP contribution < -0.4 is 10.6 Å². The maximum Gasteiger partial charge on any atom is 0.222 e. The van der Waals surface area contributed by atoms with Crippen LogP contribution in [0.25, 0.3) is 11.0 Å². The number of benzene rings is 1. The van der Waals surface area contributed by atoms with Crippen molar-refractivity contribution in [1.82, 2.24) is 19.0 Å². The van der Waals surface area contributed by atoms with Gasteiger partial charge in [0, 0.05) is 20.0 Å². The second-order valence-electron chi connectivity index (χ2n) is 4.27. The Morgan fingerprint density at radius 2 is 2.42 bits per heavy atom. The molecule has 1 amide bonds. The average Bonchev–Trinajstić information content (AvgIpc) is 3.01. The van der Waals surface area contributed by atoms with Gasteiger partial charge in [0.25, 0.3) is 0 Å². The zero-order valence-electron chi connectivity index (χ0n) is 10.2. The molecular weight excluding hydrogens is 286 g/mol. The van der Waals surface area contributed by atoms with Crippen LogP contribution in [0.15, 0.2) is 12.1 Å². The smallest absolute Gasteiger partial charge is 0.222 e. The highest BCUT2D eigenvalue weighted by molar-refractivity contribution is 7.00. The van der Waals surface area contributed by atoms with Crippen LogP contribution in [0.4, 0.5) is 5.69 Å². The van der Waals surface area contributed by atoms with E-state index in [1.165, 1.54) is 0 Å². The first-order chi connectivity index (χ1) is 9.16. The largest absolute Gasteiger partial charge is 0.350 e. The number of halogens is 1. The van der Waals surface area contributed by atoms with E-state index in [0.29, 0.717) is 17.3 Å². The summed E-state index contributed by atoms with van der Waals surface area (Å²) in [5.41, 5.74) is 2.23. The lowest BCUT2D eigenvalue weighted by Gasteiger charge is -2.25. The van der Waals surface area contributed by atoms with Gasteiger partial charge < -0.3 is 10.2 Å². The highest BCUT2D eigenvalue weighted by atomic mass is 35.5. The van der Waals surface area contributed by atoms with Gasteiger partial charge in [0.1, 0.15) is 11.0 Å². The topological polar surface area (TPSA) is 70.2 Å². The van der Waals surface area contributed by atoms with Gasteiger partial charge >= 0.3 is 0 Å². The maximum absolute atomic E-state index is 11.5. The van der Waals surface area contributed by atoms with E-state index in [9.17, 15) is 4.79 Å². The van der Waals surface area contributed by atoms with Gasteiger partial charge in [0.05, 0.1) is 22.4 Å². The Balaban J connectivity index is 1.94. The lowest BCUT2D eigenvalue weighted by atomic mass is 10.2. The molecule has 100 valence electrons. The van der Waals surface area contributed by atoms with Crippen molar-refractivity contribution in [2.24, 2.45) is 0 Å². The normalized spacial score (nSPS) is 19.1. The monoisotopic (exact) mass is 297 g/mol. The van der Waals surface area contributed by atoms with Crippen LogP contribution >= 0.6 is 23.3 Å². The third-order valence-electron chi connectivity index (χ3n) is 3.06. The summed E-state index contributed by atoms with van der Waals surface area (Å²) in [5, 5.41) is 7.01. The van der Waals surface area contributed by atoms with E-state index in [0.717, 1.165) is 29.3 Å². The van der Waals surface area contributed by atoms with Crippen LogP contribution in [0.1, 0.15) is 6.92 Å². The maximum atomic E-state index is 11.5. The number of hydrogen-bond acceptors (Lipinski definition) is 6. The second-order valence-corrected chi connectivity index (χ2v) is 5.20. The van der Waals surface area contributed by atoms with Gasteiger partial charge in [-0.15, -0.1) is 0 Å². The van der Waals surface area contributed by atoms with E-state index in [1.807, 2.05) is 6.07 Å². The van der Waals surface area contributed by atoms with Crippen molar-refractivity contribution in [1.29, 1.82) is 0 Å². The quantitative estimate of drug-likeness (QED) is 0.879. The molecule has 0 radical (unpaired) electrons. The first kappa shape index (κ1) is 12.6. The van der Waals surface area contributed by atoms with E-state index < -0.39 is 0 Å². The summed E-state index contributed by atoms with van der Waals surface area (Å²) in [6.45, 7) is 2.98. The van der Waals surface area contributed by atoms with Gasteiger partial charge in [-0.3, -0.25) is 10.1 Å². The van der Waals surface area contributed by atoms with Gasteiger partial charge in [-0.05, 0) is 12.1 Å². The van der Waals surface area contributed by atoms with Crippen LogP contribution in [0.3, 0.4) is 0 Å². The number of hydrogen-bond donors (Lipinski definition) is 2. The minimum atomic E-state index is -0.262. The van der Waals surface area contributed by atoms with Crippen molar-refractivity contribution < 1.29 is 4.79 Å². The molecule has 0 bridgehead atoms. The molecule has 1 aliphatic heterocycles. The molecule has 1 aromatic carbocycles. The fraction of sp³-hybridized carbons (Fsp3) is 0.364. The molecule has 3 rings (SSSR count). The number of nitrogens with one attached hydrogen (secondary N) is 2. The molecule has 0 spiro atoms. The third kappa shape index (κ3) is 2.24. The number of nitrogens with zero attached hydrogens (tertiary/aromatic N) is 3. The highest BCUT2D eigenvalue weighted by Gasteiger charge is 2.27. The molecule has 1 atom stereocenters. The van der Waals surface area contributed by atoms with Crippen molar-refractivity contribution in [2.75, 3.05) is 18.4 Å². The molecule has 19 heavy (non-hydrogen) atoms. The van der Waals surface area contributed by atoms with E-state index in [2.05, 4.69) is 19.4 Å². The van der Waals surface area contributed by atoms with Crippen molar-refractivity contribution in [3.63, 3.8) is 0 Å². The summed E-state index contributed by atoms with van der Waals surface area (Å²) in [5.74, 6) is 0.0159. The Labute approximate surface area is 119 Å². The fourth-order valence-corrected chi connectivity index (χ4v) is 2.88. The van der Waals surface area contributed by atoms with Gasteiger partial charge in [-0.2, -0.15) is 8.75 Å². The predicted molar refractivity (Wildman–Crippen MR) is 75.2 cm³/mol. The van der Waals surface area contributed by atoms with Crippen LogP contribution in [0.2, 0.25) is 5.02 Å². The molecule has 2 heterocycles. The first-order valence-electron chi connectivity index (χ1n) is 5.85. The summed E-state index contributed by atoms with van der Waals surface area (Å²) in [6, 6.07) is 3.61. The lowest BCUT2D eigenvalue weighted by Crippen LogP contribution is -2.44. The molecule has 1 aliphatic rings. The molecule has 1 unspecified atom stereocenters. The molecule has 2 aromatic rings. The zero-order chi connectivity index (χ0) is 13.4. The summed E-state index contributed by atoms with van der Waals surface area (Å²) in [6.07, 6.45) is -0.262. The standard InChI is InChI=1S/C11H12ClN5OS/c1-6(18)17-5-4-13-11(17)14-9-7(12)2-3-8-10(9)16-19-15-8/h2-3,11,13-14H,4-5H2,1H3. The number of aromatic nitrogens is 2. The second kappa shape index (κ2) is 4.92. The molecule has 0 aliphatic carbocycles. The molecular formula is C11H12ClN5OS. The van der Waals surface area contributed by atoms with Gasteiger partial charge in [-0.1, -0.05) is 11.6 Å². The van der Waals surface area contributed by atoms with Crippen LogP contribution in [-0.4, -0.2) is 38.9 Å². The van der Waals surface area contributed by atoms with Crippen molar-refractivity contribution in [3.05, 3.63) is 17.2 Å². The Kier molecular flexibility index (Phi) is 3.26. The molecule has 1 fully saturated rings. The molecule has 6 nitrogen and oxygen atoms in total. The van der Waals surface area contributed by atoms with E-state index in [1.54, 1.807) is 17.9 Å². The van der Waals surface area contributed by atoms with Gasteiger partial charge in [0.2, 0.25) is 5.91 Å². The molecule has 8 heteroatoms. The van der Waals surface area contributed by atoms with E-state index in [4.69, 9.17) is 11.6 Å². The zero-order valence-corrected chi connectivity index (χ0v) is 11.8. The van der Waals surface area contributed by atoms with E-state index >= 15 is 0 Å². The number of carbonyl (C=O) groups is 1. The summed E-state index contributed by atoms with van der Waals surface area (Å²) >= 11 is 7.35. The Hall–Kier alpha value is -1.44. The van der Waals surface area contributed by atoms with Crippen molar-refractivity contribution in [2.45, 2.75) is 13.2 Å². The SMILES string of the molecule is CC(=O)N1CCNC1Nc1c(Cl)ccc2nsnc12. The van der Waals surface area contributed by atoms with E-state index in [-0.39, 0.29) is 12.2 Å². The number of amides is 1. The molecule has 1 aromatic heterocycles. The Bertz CT molecular complexity index is 631. The number of carbonyl (C=O) groups excluding carboxylic acids is 1. The Morgan fingerprint density at radius 3 is 3.21 bits per heavy atom. The Morgan fingerprint density at radius 1 is 1.58 bits per heavy atom. The number of anilines is 1. The van der Waals surface area contributed by atoms with Gasteiger partial charge in [0.15, 0.2) is 6.29 Å². The first-order valence-corrected chi connectivity index (χ1v) is 6.95. The molecule has 2 N–H and O–H groups in total. The van der Waals surface area contributed by atoms with Crippen LogP contribution in [0.5, 0.6) is 0 Å². The van der Waals surface area contributed by atoms with Crippen LogP contribution in [0, 0.1) is 0 Å². The van der Waals surface area contributed by atoms with Crippen molar-refractivity contribution in [3.8, 4) is 0 Å². The molecule has 0 saturated carbocycles.